The van der Waals surface area contributed by atoms with E-state index in [4.69, 9.17) is 9.47 Å². The molecular weight excluding hydrogens is 322 g/mol. The van der Waals surface area contributed by atoms with E-state index in [-0.39, 0.29) is 5.41 Å². The molecule has 1 unspecified atom stereocenters. The highest BCUT2D eigenvalue weighted by Gasteiger charge is 2.34. The number of allylic oxidation sites excluding steroid dienone is 3. The summed E-state index contributed by atoms with van der Waals surface area (Å²) in [5.41, 5.74) is 3.97. The zero-order chi connectivity index (χ0) is 18.0. The van der Waals surface area contributed by atoms with Gasteiger partial charge in [0.25, 0.3) is 0 Å². The van der Waals surface area contributed by atoms with Gasteiger partial charge in [0.1, 0.15) is 0 Å². The lowest BCUT2D eigenvalue weighted by Gasteiger charge is -2.37. The second-order valence-electron chi connectivity index (χ2n) is 7.02. The van der Waals surface area contributed by atoms with Gasteiger partial charge in [-0.1, -0.05) is 54.6 Å². The highest BCUT2D eigenvalue weighted by Crippen LogP contribution is 2.41. The van der Waals surface area contributed by atoms with E-state index in [2.05, 4.69) is 71.7 Å². The fourth-order valence-corrected chi connectivity index (χ4v) is 4.14. The Bertz CT molecular complexity index is 841. The summed E-state index contributed by atoms with van der Waals surface area (Å²) in [6.45, 7) is 1.98. The van der Waals surface area contributed by atoms with Gasteiger partial charge in [0.2, 0.25) is 0 Å². The number of benzene rings is 2. The molecule has 3 heteroatoms. The molecule has 1 atom stereocenters. The largest absolute Gasteiger partial charge is 0.493 e. The Labute approximate surface area is 155 Å². The molecular formula is C23H25NO2. The second kappa shape index (κ2) is 6.91. The van der Waals surface area contributed by atoms with Gasteiger partial charge in [-0.2, -0.15) is 0 Å². The number of anilines is 1. The molecule has 0 radical (unpaired) electrons. The highest BCUT2D eigenvalue weighted by atomic mass is 16.5. The molecule has 0 amide bonds. The van der Waals surface area contributed by atoms with Crippen molar-refractivity contribution >= 4 is 5.69 Å². The molecule has 2 aliphatic rings. The molecule has 0 aromatic heterocycles. The van der Waals surface area contributed by atoms with Crippen LogP contribution in [0.5, 0.6) is 11.5 Å². The van der Waals surface area contributed by atoms with Crippen LogP contribution in [-0.4, -0.2) is 27.3 Å². The first-order valence-electron chi connectivity index (χ1n) is 9.15. The van der Waals surface area contributed by atoms with Crippen molar-refractivity contribution in [1.82, 2.24) is 0 Å². The average Bonchev–Trinajstić information content (AvgIpc) is 3.09. The van der Waals surface area contributed by atoms with Crippen molar-refractivity contribution in [2.45, 2.75) is 18.3 Å². The molecule has 1 aliphatic carbocycles. The Balaban J connectivity index is 1.69. The predicted molar refractivity (Wildman–Crippen MR) is 106 cm³/mol. The minimum absolute atomic E-state index is 0.00474. The first-order chi connectivity index (χ1) is 12.8. The summed E-state index contributed by atoms with van der Waals surface area (Å²) >= 11 is 0. The quantitative estimate of drug-likeness (QED) is 0.794. The van der Waals surface area contributed by atoms with Gasteiger partial charge in [0, 0.05) is 30.3 Å². The summed E-state index contributed by atoms with van der Waals surface area (Å²) in [5.74, 6) is 1.61. The summed E-state index contributed by atoms with van der Waals surface area (Å²) < 4.78 is 11.0. The number of ether oxygens (including phenoxy) is 2. The Kier molecular flexibility index (Phi) is 4.46. The van der Waals surface area contributed by atoms with E-state index in [9.17, 15) is 0 Å². The van der Waals surface area contributed by atoms with Crippen LogP contribution in [-0.2, 0) is 11.8 Å². The predicted octanol–water partition coefficient (Wildman–Crippen LogP) is 4.52. The van der Waals surface area contributed by atoms with Crippen LogP contribution in [0.15, 0.2) is 66.8 Å². The number of rotatable bonds is 5. The van der Waals surface area contributed by atoms with Gasteiger partial charge in [-0.25, -0.2) is 0 Å². The SMILES string of the molecule is COc1cc2c(cc1OC)N(CC1(c3ccccc3)C=CC=CC1)CC2. The zero-order valence-electron chi connectivity index (χ0n) is 15.4. The Morgan fingerprint density at radius 1 is 1.00 bits per heavy atom. The van der Waals surface area contributed by atoms with Crippen molar-refractivity contribution in [3.05, 3.63) is 77.9 Å². The number of hydrogen-bond acceptors (Lipinski definition) is 3. The maximum Gasteiger partial charge on any atom is 0.162 e. The third-order valence-electron chi connectivity index (χ3n) is 5.54. The molecule has 1 heterocycles. The van der Waals surface area contributed by atoms with Crippen molar-refractivity contribution in [2.75, 3.05) is 32.2 Å². The van der Waals surface area contributed by atoms with Gasteiger partial charge in [-0.15, -0.1) is 0 Å². The summed E-state index contributed by atoms with van der Waals surface area (Å²) in [6, 6.07) is 15.1. The third-order valence-corrected chi connectivity index (χ3v) is 5.54. The topological polar surface area (TPSA) is 21.7 Å². The smallest absolute Gasteiger partial charge is 0.162 e. The summed E-state index contributed by atoms with van der Waals surface area (Å²) in [4.78, 5) is 2.49. The molecule has 134 valence electrons. The zero-order valence-corrected chi connectivity index (χ0v) is 15.4. The van der Waals surface area contributed by atoms with Crippen LogP contribution in [0.3, 0.4) is 0 Å². The van der Waals surface area contributed by atoms with Crippen molar-refractivity contribution in [2.24, 2.45) is 0 Å². The molecule has 3 nitrogen and oxygen atoms in total. The van der Waals surface area contributed by atoms with E-state index < -0.39 is 0 Å². The van der Waals surface area contributed by atoms with E-state index in [0.717, 1.165) is 37.4 Å². The van der Waals surface area contributed by atoms with Gasteiger partial charge in [-0.3, -0.25) is 0 Å². The first-order valence-corrected chi connectivity index (χ1v) is 9.15. The molecule has 0 bridgehead atoms. The lowest BCUT2D eigenvalue weighted by atomic mass is 9.75. The number of hydrogen-bond donors (Lipinski definition) is 0. The second-order valence-corrected chi connectivity index (χ2v) is 7.02. The van der Waals surface area contributed by atoms with Gasteiger partial charge >= 0.3 is 0 Å². The van der Waals surface area contributed by atoms with Gasteiger partial charge in [0.05, 0.1) is 14.2 Å². The molecule has 2 aromatic carbocycles. The van der Waals surface area contributed by atoms with E-state index in [1.54, 1.807) is 14.2 Å². The minimum atomic E-state index is 0.00474. The highest BCUT2D eigenvalue weighted by molar-refractivity contribution is 5.65. The fraction of sp³-hybridized carbons (Fsp3) is 0.304. The molecule has 1 aliphatic heterocycles. The maximum absolute atomic E-state index is 5.53. The van der Waals surface area contributed by atoms with Crippen LogP contribution < -0.4 is 14.4 Å². The summed E-state index contributed by atoms with van der Waals surface area (Å²) in [7, 11) is 3.39. The Morgan fingerprint density at radius 3 is 2.46 bits per heavy atom. The number of methoxy groups -OCH3 is 2. The Hall–Kier alpha value is -2.68. The molecule has 0 spiro atoms. The van der Waals surface area contributed by atoms with E-state index in [1.165, 1.54) is 16.8 Å². The van der Waals surface area contributed by atoms with Gasteiger partial charge < -0.3 is 14.4 Å². The molecule has 26 heavy (non-hydrogen) atoms. The van der Waals surface area contributed by atoms with Gasteiger partial charge in [0.15, 0.2) is 11.5 Å². The average molecular weight is 347 g/mol. The molecule has 0 saturated heterocycles. The first kappa shape index (κ1) is 16.8. The van der Waals surface area contributed by atoms with Crippen molar-refractivity contribution in [3.8, 4) is 11.5 Å². The number of nitrogens with zero attached hydrogens (tertiary/aromatic N) is 1. The van der Waals surface area contributed by atoms with E-state index in [1.807, 2.05) is 0 Å². The normalized spacial score (nSPS) is 20.9. The molecule has 2 aromatic rings. The lowest BCUT2D eigenvalue weighted by molar-refractivity contribution is 0.355. The minimum Gasteiger partial charge on any atom is -0.493 e. The number of fused-ring (bicyclic) bond motifs is 1. The van der Waals surface area contributed by atoms with Crippen molar-refractivity contribution < 1.29 is 9.47 Å². The van der Waals surface area contributed by atoms with Gasteiger partial charge in [-0.05, 0) is 30.0 Å². The van der Waals surface area contributed by atoms with Crippen LogP contribution in [0.4, 0.5) is 5.69 Å². The molecule has 0 N–H and O–H groups in total. The Morgan fingerprint density at radius 2 is 1.77 bits per heavy atom. The van der Waals surface area contributed by atoms with Crippen LogP contribution in [0.1, 0.15) is 17.5 Å². The fourth-order valence-electron chi connectivity index (χ4n) is 4.14. The van der Waals surface area contributed by atoms with Crippen LogP contribution in [0.25, 0.3) is 0 Å². The lowest BCUT2D eigenvalue weighted by Crippen LogP contribution is -2.39. The monoisotopic (exact) mass is 347 g/mol. The molecule has 0 saturated carbocycles. The standard InChI is InChI=1S/C23H25NO2/c1-25-21-15-18-11-14-24(20(18)16-22(21)26-2)17-23(12-7-4-8-13-23)19-9-5-3-6-10-19/h3-10,12,15-16H,11,13-14,17H2,1-2H3. The maximum atomic E-state index is 5.53. The van der Waals surface area contributed by atoms with Crippen LogP contribution in [0, 0.1) is 0 Å². The molecule has 0 fully saturated rings. The summed E-state index contributed by atoms with van der Waals surface area (Å²) in [6.07, 6.45) is 11.0. The van der Waals surface area contributed by atoms with Crippen LogP contribution in [0.2, 0.25) is 0 Å². The van der Waals surface area contributed by atoms with E-state index >= 15 is 0 Å². The third kappa shape index (κ3) is 2.88. The molecule has 4 rings (SSSR count). The van der Waals surface area contributed by atoms with Crippen molar-refractivity contribution in [1.29, 1.82) is 0 Å². The van der Waals surface area contributed by atoms with Crippen LogP contribution >= 0.6 is 0 Å². The summed E-state index contributed by atoms with van der Waals surface area (Å²) in [5, 5.41) is 0. The van der Waals surface area contributed by atoms with Crippen molar-refractivity contribution in [3.63, 3.8) is 0 Å². The van der Waals surface area contributed by atoms with E-state index in [0.29, 0.717) is 0 Å².